The topological polar surface area (TPSA) is 41.6 Å². The summed E-state index contributed by atoms with van der Waals surface area (Å²) in [5.41, 5.74) is 0. The number of hydrogen-bond donors (Lipinski definition) is 1. The van der Waals surface area contributed by atoms with Gasteiger partial charge in [0, 0.05) is 39.3 Å². The fourth-order valence-electron chi connectivity index (χ4n) is 2.31. The average molecular weight is 212 g/mol. The van der Waals surface area contributed by atoms with E-state index in [1.165, 1.54) is 0 Å². The molecule has 2 saturated heterocycles. The van der Waals surface area contributed by atoms with E-state index in [1.54, 1.807) is 0 Å². The highest BCUT2D eigenvalue weighted by Gasteiger charge is 2.26. The Bertz CT molecular complexity index is 221. The zero-order valence-electron chi connectivity index (χ0n) is 9.37. The van der Waals surface area contributed by atoms with Gasteiger partial charge in [-0.25, -0.2) is 0 Å². The summed E-state index contributed by atoms with van der Waals surface area (Å²) in [6.45, 7) is 3.58. The molecule has 0 aromatic heterocycles. The number of nitrogens with zero attached hydrogens (tertiary/aromatic N) is 1. The molecule has 2 atom stereocenters. The predicted octanol–water partition coefficient (Wildman–Crippen LogP) is 0.233. The van der Waals surface area contributed by atoms with Crippen LogP contribution in [0, 0.1) is 5.92 Å². The number of likely N-dealkylation sites (N-methyl/N-ethyl adjacent to an activating group) is 1. The first kappa shape index (κ1) is 10.9. The summed E-state index contributed by atoms with van der Waals surface area (Å²) in [7, 11) is 1.93. The van der Waals surface area contributed by atoms with Gasteiger partial charge in [0.25, 0.3) is 0 Å². The van der Waals surface area contributed by atoms with Crippen molar-refractivity contribution in [3.05, 3.63) is 0 Å². The monoisotopic (exact) mass is 212 g/mol. The molecule has 86 valence electrons. The van der Waals surface area contributed by atoms with Crippen molar-refractivity contribution in [1.82, 2.24) is 10.2 Å². The summed E-state index contributed by atoms with van der Waals surface area (Å²) in [5, 5.41) is 3.28. The van der Waals surface area contributed by atoms with Crippen molar-refractivity contribution in [3.63, 3.8) is 0 Å². The van der Waals surface area contributed by atoms with E-state index in [0.29, 0.717) is 18.4 Å². The van der Waals surface area contributed by atoms with Crippen molar-refractivity contribution < 1.29 is 9.53 Å². The highest BCUT2D eigenvalue weighted by Crippen LogP contribution is 2.18. The Morgan fingerprint density at radius 1 is 1.53 bits per heavy atom. The maximum absolute atomic E-state index is 11.9. The molecule has 0 aromatic carbocycles. The second kappa shape index (κ2) is 4.94. The van der Waals surface area contributed by atoms with Gasteiger partial charge in [-0.05, 0) is 25.3 Å². The van der Waals surface area contributed by atoms with Gasteiger partial charge >= 0.3 is 0 Å². The SMILES string of the molecule is CN(C(=O)CC1CCOC1)C1CCNC1. The minimum atomic E-state index is 0.277. The van der Waals surface area contributed by atoms with Gasteiger partial charge in [0.15, 0.2) is 0 Å². The van der Waals surface area contributed by atoms with Crippen LogP contribution in [0.1, 0.15) is 19.3 Å². The molecular formula is C11H20N2O2. The van der Waals surface area contributed by atoms with E-state index in [-0.39, 0.29) is 5.91 Å². The van der Waals surface area contributed by atoms with Gasteiger partial charge in [-0.15, -0.1) is 0 Å². The van der Waals surface area contributed by atoms with Crippen molar-refractivity contribution in [3.8, 4) is 0 Å². The van der Waals surface area contributed by atoms with Crippen molar-refractivity contribution in [1.29, 1.82) is 0 Å². The minimum absolute atomic E-state index is 0.277. The van der Waals surface area contributed by atoms with Crippen LogP contribution in [0.25, 0.3) is 0 Å². The van der Waals surface area contributed by atoms with Crippen LogP contribution in [-0.4, -0.2) is 50.2 Å². The zero-order chi connectivity index (χ0) is 10.7. The molecule has 2 aliphatic rings. The van der Waals surface area contributed by atoms with Gasteiger partial charge in [-0.3, -0.25) is 4.79 Å². The minimum Gasteiger partial charge on any atom is -0.381 e. The Labute approximate surface area is 91.0 Å². The lowest BCUT2D eigenvalue weighted by atomic mass is 10.0. The first-order valence-corrected chi connectivity index (χ1v) is 5.81. The Hall–Kier alpha value is -0.610. The van der Waals surface area contributed by atoms with E-state index in [2.05, 4.69) is 5.32 Å². The first-order chi connectivity index (χ1) is 7.27. The molecule has 4 nitrogen and oxygen atoms in total. The molecule has 15 heavy (non-hydrogen) atoms. The predicted molar refractivity (Wildman–Crippen MR) is 57.6 cm³/mol. The van der Waals surface area contributed by atoms with E-state index in [9.17, 15) is 4.79 Å². The fourth-order valence-corrected chi connectivity index (χ4v) is 2.31. The third-order valence-electron chi connectivity index (χ3n) is 3.46. The fraction of sp³-hybridized carbons (Fsp3) is 0.909. The van der Waals surface area contributed by atoms with Gasteiger partial charge < -0.3 is 15.0 Å². The van der Waals surface area contributed by atoms with Crippen molar-refractivity contribution in [2.45, 2.75) is 25.3 Å². The standard InChI is InChI=1S/C11H20N2O2/c1-13(10-2-4-12-7-10)11(14)6-9-3-5-15-8-9/h9-10,12H,2-8H2,1H3. The molecule has 0 saturated carbocycles. The summed E-state index contributed by atoms with van der Waals surface area (Å²) < 4.78 is 5.28. The molecule has 2 fully saturated rings. The molecule has 2 heterocycles. The smallest absolute Gasteiger partial charge is 0.222 e. The quantitative estimate of drug-likeness (QED) is 0.728. The van der Waals surface area contributed by atoms with Crippen LogP contribution in [0.2, 0.25) is 0 Å². The number of hydrogen-bond acceptors (Lipinski definition) is 3. The van der Waals surface area contributed by atoms with Gasteiger partial charge in [0.1, 0.15) is 0 Å². The molecule has 2 rings (SSSR count). The number of rotatable bonds is 3. The van der Waals surface area contributed by atoms with E-state index in [0.717, 1.165) is 39.1 Å². The van der Waals surface area contributed by atoms with E-state index < -0.39 is 0 Å². The van der Waals surface area contributed by atoms with Gasteiger partial charge in [-0.1, -0.05) is 0 Å². The molecule has 2 unspecified atom stereocenters. The lowest BCUT2D eigenvalue weighted by Crippen LogP contribution is -2.39. The van der Waals surface area contributed by atoms with E-state index in [4.69, 9.17) is 4.74 Å². The molecule has 1 amide bonds. The Morgan fingerprint density at radius 3 is 3.00 bits per heavy atom. The lowest BCUT2D eigenvalue weighted by Gasteiger charge is -2.24. The molecule has 0 aliphatic carbocycles. The van der Waals surface area contributed by atoms with Crippen molar-refractivity contribution >= 4 is 5.91 Å². The lowest BCUT2D eigenvalue weighted by molar-refractivity contribution is -0.132. The van der Waals surface area contributed by atoms with Crippen LogP contribution in [-0.2, 0) is 9.53 Å². The van der Waals surface area contributed by atoms with Gasteiger partial charge in [0.05, 0.1) is 0 Å². The normalized spacial score (nSPS) is 30.7. The van der Waals surface area contributed by atoms with Crippen LogP contribution in [0.4, 0.5) is 0 Å². The largest absolute Gasteiger partial charge is 0.381 e. The molecule has 1 N–H and O–H groups in total. The Morgan fingerprint density at radius 2 is 2.40 bits per heavy atom. The molecule has 0 spiro atoms. The molecule has 0 bridgehead atoms. The number of carbonyl (C=O) groups is 1. The number of carbonyl (C=O) groups excluding carboxylic acids is 1. The second-order valence-corrected chi connectivity index (χ2v) is 4.59. The third kappa shape index (κ3) is 2.69. The summed E-state index contributed by atoms with van der Waals surface area (Å²) >= 11 is 0. The molecule has 4 heteroatoms. The van der Waals surface area contributed by atoms with Crippen LogP contribution in [0.3, 0.4) is 0 Å². The molecule has 0 radical (unpaired) electrons. The Kier molecular flexibility index (Phi) is 3.59. The van der Waals surface area contributed by atoms with Crippen LogP contribution < -0.4 is 5.32 Å². The van der Waals surface area contributed by atoms with Crippen LogP contribution in [0.15, 0.2) is 0 Å². The first-order valence-electron chi connectivity index (χ1n) is 5.81. The maximum atomic E-state index is 11.9. The second-order valence-electron chi connectivity index (χ2n) is 4.59. The van der Waals surface area contributed by atoms with Crippen LogP contribution in [0.5, 0.6) is 0 Å². The summed E-state index contributed by atoms with van der Waals surface area (Å²) in [6, 6.07) is 0.403. The van der Waals surface area contributed by atoms with Crippen molar-refractivity contribution in [2.24, 2.45) is 5.92 Å². The number of amides is 1. The number of nitrogens with one attached hydrogen (secondary N) is 1. The molecule has 2 aliphatic heterocycles. The third-order valence-corrected chi connectivity index (χ3v) is 3.46. The van der Waals surface area contributed by atoms with Crippen molar-refractivity contribution in [2.75, 3.05) is 33.4 Å². The maximum Gasteiger partial charge on any atom is 0.222 e. The van der Waals surface area contributed by atoms with E-state index >= 15 is 0 Å². The Balaban J connectivity index is 1.78. The number of ether oxygens (including phenoxy) is 1. The average Bonchev–Trinajstić information content (AvgIpc) is 2.88. The summed E-state index contributed by atoms with van der Waals surface area (Å²) in [5.74, 6) is 0.730. The highest BCUT2D eigenvalue weighted by molar-refractivity contribution is 5.76. The molecular weight excluding hydrogens is 192 g/mol. The zero-order valence-corrected chi connectivity index (χ0v) is 9.37. The van der Waals surface area contributed by atoms with Crippen LogP contribution >= 0.6 is 0 Å². The summed E-state index contributed by atoms with van der Waals surface area (Å²) in [4.78, 5) is 13.8. The molecule has 0 aromatic rings. The van der Waals surface area contributed by atoms with Gasteiger partial charge in [0.2, 0.25) is 5.91 Å². The summed E-state index contributed by atoms with van der Waals surface area (Å²) in [6.07, 6.45) is 2.79. The highest BCUT2D eigenvalue weighted by atomic mass is 16.5. The van der Waals surface area contributed by atoms with E-state index in [1.807, 2.05) is 11.9 Å². The van der Waals surface area contributed by atoms with Gasteiger partial charge in [-0.2, -0.15) is 0 Å².